The van der Waals surface area contributed by atoms with Crippen molar-refractivity contribution < 1.29 is 13.2 Å². The van der Waals surface area contributed by atoms with Crippen molar-refractivity contribution in [1.29, 1.82) is 0 Å². The Morgan fingerprint density at radius 1 is 1.10 bits per heavy atom. The maximum Gasteiger partial charge on any atom is 0.262 e. The molecule has 0 bridgehead atoms. The lowest BCUT2D eigenvalue weighted by Gasteiger charge is -2.12. The lowest BCUT2D eigenvalue weighted by atomic mass is 10.2. The number of hydrogen-bond donors (Lipinski definition) is 2. The van der Waals surface area contributed by atoms with Crippen LogP contribution in [-0.4, -0.2) is 15.0 Å². The molecular weight excluding hydrogens is 288 g/mol. The highest BCUT2D eigenvalue weighted by Crippen LogP contribution is 2.26. The van der Waals surface area contributed by atoms with Crippen LogP contribution in [0.3, 0.4) is 0 Å². The van der Waals surface area contributed by atoms with E-state index >= 15 is 0 Å². The zero-order valence-electron chi connectivity index (χ0n) is 11.7. The van der Waals surface area contributed by atoms with Crippen LogP contribution in [0, 0.1) is 0 Å². The molecule has 0 saturated heterocycles. The van der Waals surface area contributed by atoms with Crippen LogP contribution in [0.25, 0.3) is 0 Å². The summed E-state index contributed by atoms with van der Waals surface area (Å²) in [5.41, 5.74) is 6.80. The molecule has 3 N–H and O–H groups in total. The van der Waals surface area contributed by atoms with E-state index < -0.39 is 10.0 Å². The summed E-state index contributed by atoms with van der Waals surface area (Å²) in [6, 6.07) is 13.4. The average Bonchev–Trinajstić information content (AvgIpc) is 2.49. The van der Waals surface area contributed by atoms with Crippen molar-refractivity contribution in [1.82, 2.24) is 0 Å². The van der Waals surface area contributed by atoms with E-state index in [4.69, 9.17) is 10.5 Å². The molecule has 21 heavy (non-hydrogen) atoms. The Hall–Kier alpha value is -2.05. The second-order valence-electron chi connectivity index (χ2n) is 4.38. The molecule has 2 aromatic carbocycles. The molecule has 0 fully saturated rings. The molecule has 0 aliphatic heterocycles. The van der Waals surface area contributed by atoms with Gasteiger partial charge in [0.2, 0.25) is 0 Å². The zero-order valence-corrected chi connectivity index (χ0v) is 12.6. The Morgan fingerprint density at radius 3 is 2.38 bits per heavy atom. The van der Waals surface area contributed by atoms with Gasteiger partial charge in [0.15, 0.2) is 0 Å². The van der Waals surface area contributed by atoms with Gasteiger partial charge < -0.3 is 10.5 Å². The third-order valence-electron chi connectivity index (χ3n) is 2.90. The maximum absolute atomic E-state index is 12.4. The molecule has 2 aromatic rings. The third kappa shape index (κ3) is 3.74. The second-order valence-corrected chi connectivity index (χ2v) is 6.07. The first-order valence-corrected chi connectivity index (χ1v) is 8.09. The van der Waals surface area contributed by atoms with E-state index in [0.29, 0.717) is 24.6 Å². The minimum atomic E-state index is -3.65. The summed E-state index contributed by atoms with van der Waals surface area (Å²) in [5.74, 6) is 0.502. The van der Waals surface area contributed by atoms with Gasteiger partial charge in [0.05, 0.1) is 17.2 Å². The lowest BCUT2D eigenvalue weighted by Crippen LogP contribution is -2.14. The van der Waals surface area contributed by atoms with Gasteiger partial charge in [-0.1, -0.05) is 24.3 Å². The van der Waals surface area contributed by atoms with Crippen molar-refractivity contribution >= 4 is 15.7 Å². The highest BCUT2D eigenvalue weighted by atomic mass is 32.2. The summed E-state index contributed by atoms with van der Waals surface area (Å²) in [6.45, 7) is 2.68. The number of anilines is 1. The molecule has 6 heteroatoms. The Kier molecular flexibility index (Phi) is 4.82. The van der Waals surface area contributed by atoms with Crippen LogP contribution < -0.4 is 15.2 Å². The van der Waals surface area contributed by atoms with Crippen LogP contribution in [0.4, 0.5) is 5.69 Å². The van der Waals surface area contributed by atoms with E-state index in [0.717, 1.165) is 5.56 Å². The van der Waals surface area contributed by atoms with Crippen molar-refractivity contribution in [2.75, 3.05) is 11.3 Å². The molecule has 5 nitrogen and oxygen atoms in total. The van der Waals surface area contributed by atoms with Gasteiger partial charge in [0.1, 0.15) is 5.75 Å². The molecule has 0 heterocycles. The van der Waals surface area contributed by atoms with Crippen molar-refractivity contribution in [2.24, 2.45) is 5.73 Å². The Labute approximate surface area is 124 Å². The number of nitrogens with two attached hydrogens (primary N) is 1. The molecule has 0 spiro atoms. The van der Waals surface area contributed by atoms with E-state index in [9.17, 15) is 8.42 Å². The lowest BCUT2D eigenvalue weighted by molar-refractivity contribution is 0.342. The third-order valence-corrected chi connectivity index (χ3v) is 4.28. The largest absolute Gasteiger partial charge is 0.492 e. The van der Waals surface area contributed by atoms with E-state index in [2.05, 4.69) is 4.72 Å². The Balaban J connectivity index is 2.28. The smallest absolute Gasteiger partial charge is 0.262 e. The van der Waals surface area contributed by atoms with Gasteiger partial charge in [-0.2, -0.15) is 0 Å². The molecule has 0 unspecified atom stereocenters. The van der Waals surface area contributed by atoms with Gasteiger partial charge in [-0.3, -0.25) is 4.72 Å². The molecule has 0 aliphatic carbocycles. The number of ether oxygens (including phenoxy) is 1. The molecular formula is C15H18N2O3S. The minimum Gasteiger partial charge on any atom is -0.492 e. The number of sulfonamides is 1. The van der Waals surface area contributed by atoms with E-state index in [1.807, 2.05) is 6.92 Å². The number of hydrogen-bond acceptors (Lipinski definition) is 4. The van der Waals surface area contributed by atoms with Gasteiger partial charge in [0, 0.05) is 6.54 Å². The first-order chi connectivity index (χ1) is 10.1. The molecule has 0 radical (unpaired) electrons. The first-order valence-electron chi connectivity index (χ1n) is 6.60. The fourth-order valence-electron chi connectivity index (χ4n) is 1.84. The summed E-state index contributed by atoms with van der Waals surface area (Å²) in [5, 5.41) is 0. The average molecular weight is 306 g/mol. The topological polar surface area (TPSA) is 81.4 Å². The minimum absolute atomic E-state index is 0.186. The fourth-order valence-corrected chi connectivity index (χ4v) is 2.91. The molecule has 112 valence electrons. The summed E-state index contributed by atoms with van der Waals surface area (Å²) in [4.78, 5) is 0.186. The van der Waals surface area contributed by atoms with Gasteiger partial charge in [-0.05, 0) is 36.8 Å². The Bertz CT molecular complexity index is 697. The molecule has 2 rings (SSSR count). The highest BCUT2D eigenvalue weighted by Gasteiger charge is 2.16. The number of para-hydroxylation sites is 2. The quantitative estimate of drug-likeness (QED) is 0.858. The SMILES string of the molecule is CCOc1ccccc1NS(=O)(=O)c1ccc(CN)cc1. The van der Waals surface area contributed by atoms with Crippen molar-refractivity contribution in [2.45, 2.75) is 18.4 Å². The van der Waals surface area contributed by atoms with Crippen molar-refractivity contribution in [3.63, 3.8) is 0 Å². The predicted molar refractivity (Wildman–Crippen MR) is 82.8 cm³/mol. The van der Waals surface area contributed by atoms with E-state index in [-0.39, 0.29) is 4.90 Å². The molecule has 0 aliphatic rings. The maximum atomic E-state index is 12.4. The normalized spacial score (nSPS) is 11.1. The number of rotatable bonds is 6. The molecule has 0 atom stereocenters. The van der Waals surface area contributed by atoms with Gasteiger partial charge in [-0.15, -0.1) is 0 Å². The first kappa shape index (κ1) is 15.3. The van der Waals surface area contributed by atoms with E-state index in [1.165, 1.54) is 12.1 Å². The van der Waals surface area contributed by atoms with Crippen molar-refractivity contribution in [3.8, 4) is 5.75 Å². The van der Waals surface area contributed by atoms with Crippen LogP contribution >= 0.6 is 0 Å². The predicted octanol–water partition coefficient (Wildman–Crippen LogP) is 2.34. The summed E-state index contributed by atoms with van der Waals surface area (Å²) >= 11 is 0. The monoisotopic (exact) mass is 306 g/mol. The number of nitrogens with one attached hydrogen (secondary N) is 1. The standard InChI is InChI=1S/C15H18N2O3S/c1-2-20-15-6-4-3-5-14(15)17-21(18,19)13-9-7-12(11-16)8-10-13/h3-10,17H,2,11,16H2,1H3. The fraction of sp³-hybridized carbons (Fsp3) is 0.200. The molecule has 0 aromatic heterocycles. The van der Waals surface area contributed by atoms with Gasteiger partial charge in [-0.25, -0.2) is 8.42 Å². The van der Waals surface area contributed by atoms with Gasteiger partial charge >= 0.3 is 0 Å². The van der Waals surface area contributed by atoms with Crippen LogP contribution in [0.5, 0.6) is 5.75 Å². The van der Waals surface area contributed by atoms with E-state index in [1.54, 1.807) is 36.4 Å². The Morgan fingerprint density at radius 2 is 1.76 bits per heavy atom. The van der Waals surface area contributed by atoms with Crippen LogP contribution in [0.1, 0.15) is 12.5 Å². The number of benzene rings is 2. The van der Waals surface area contributed by atoms with Crippen LogP contribution in [0.2, 0.25) is 0 Å². The highest BCUT2D eigenvalue weighted by molar-refractivity contribution is 7.92. The van der Waals surface area contributed by atoms with Crippen LogP contribution in [0.15, 0.2) is 53.4 Å². The summed E-state index contributed by atoms with van der Waals surface area (Å²) < 4.78 is 32.7. The second kappa shape index (κ2) is 6.60. The zero-order chi connectivity index (χ0) is 15.3. The molecule has 0 amide bonds. The van der Waals surface area contributed by atoms with Gasteiger partial charge in [0.25, 0.3) is 10.0 Å². The molecule has 0 saturated carbocycles. The van der Waals surface area contributed by atoms with Crippen LogP contribution in [-0.2, 0) is 16.6 Å². The summed E-state index contributed by atoms with van der Waals surface area (Å²) in [7, 11) is -3.65. The van der Waals surface area contributed by atoms with Crippen molar-refractivity contribution in [3.05, 3.63) is 54.1 Å². The summed E-state index contributed by atoms with van der Waals surface area (Å²) in [6.07, 6.45) is 0.